The highest BCUT2D eigenvalue weighted by Gasteiger charge is 2.08. The summed E-state index contributed by atoms with van der Waals surface area (Å²) in [7, 11) is 0. The van der Waals surface area contributed by atoms with E-state index in [1.807, 2.05) is 48.8 Å². The molecule has 4 rings (SSSR count). The maximum absolute atomic E-state index is 12.3. The van der Waals surface area contributed by atoms with Crippen LogP contribution < -0.4 is 10.6 Å². The van der Waals surface area contributed by atoms with Crippen molar-refractivity contribution in [1.29, 1.82) is 0 Å². The molecule has 2 amide bonds. The lowest BCUT2D eigenvalue weighted by molar-refractivity contribution is 0.239. The van der Waals surface area contributed by atoms with Crippen LogP contribution in [-0.4, -0.2) is 25.1 Å². The van der Waals surface area contributed by atoms with E-state index in [1.54, 1.807) is 12.4 Å². The van der Waals surface area contributed by atoms with Gasteiger partial charge in [-0.25, -0.2) is 14.8 Å². The first-order valence-corrected chi connectivity index (χ1v) is 10.9. The van der Waals surface area contributed by atoms with Gasteiger partial charge < -0.3 is 19.8 Å². The average Bonchev–Trinajstić information content (AvgIpc) is 3.49. The van der Waals surface area contributed by atoms with Crippen LogP contribution in [0.3, 0.4) is 0 Å². The number of hydrogen-bond acceptors (Lipinski definition) is 3. The number of hydrogen-bond donors (Lipinski definition) is 2. The Hall–Kier alpha value is -3.87. The van der Waals surface area contributed by atoms with Crippen molar-refractivity contribution in [3.8, 4) is 0 Å². The van der Waals surface area contributed by atoms with Crippen molar-refractivity contribution in [3.63, 3.8) is 0 Å². The van der Waals surface area contributed by atoms with Crippen molar-refractivity contribution in [2.24, 2.45) is 0 Å². The number of urea groups is 1. The van der Waals surface area contributed by atoms with Gasteiger partial charge in [0.25, 0.3) is 0 Å². The van der Waals surface area contributed by atoms with Gasteiger partial charge in [0.1, 0.15) is 11.6 Å². The van der Waals surface area contributed by atoms with E-state index in [0.29, 0.717) is 13.1 Å². The molecule has 0 saturated carbocycles. The maximum atomic E-state index is 12.3. The highest BCUT2D eigenvalue weighted by atomic mass is 16.2. The molecule has 0 radical (unpaired) electrons. The number of benzene rings is 2. The smallest absolute Gasteiger partial charge is 0.315 e. The van der Waals surface area contributed by atoms with Crippen LogP contribution in [-0.2, 0) is 39.0 Å². The van der Waals surface area contributed by atoms with Crippen LogP contribution in [0.5, 0.6) is 0 Å². The summed E-state index contributed by atoms with van der Waals surface area (Å²) in [4.78, 5) is 21.1. The van der Waals surface area contributed by atoms with Crippen LogP contribution in [0.2, 0.25) is 0 Å². The van der Waals surface area contributed by atoms with Crippen molar-refractivity contribution >= 4 is 6.03 Å². The Bertz CT molecular complexity index is 1020. The zero-order chi connectivity index (χ0) is 22.0. The van der Waals surface area contributed by atoms with Gasteiger partial charge in [-0.1, -0.05) is 60.7 Å². The lowest BCUT2D eigenvalue weighted by atomic mass is 10.1. The molecule has 0 fully saturated rings. The zero-order valence-electron chi connectivity index (χ0n) is 18.0. The molecule has 0 aliphatic rings. The minimum absolute atomic E-state index is 0.236. The summed E-state index contributed by atoms with van der Waals surface area (Å²) in [5.41, 5.74) is 2.56. The molecule has 0 atom stereocenters. The lowest BCUT2D eigenvalue weighted by Gasteiger charge is -2.11. The van der Waals surface area contributed by atoms with Crippen molar-refractivity contribution in [2.75, 3.05) is 0 Å². The molecule has 0 aliphatic heterocycles. The standard InChI is InChI=1S/C25H28N6O/c32-25(28-19-23-26-13-17-30(23)15-11-21-7-3-1-4-8-21)29-20-24-27-14-18-31(24)16-12-22-9-5-2-6-10-22/h1-10,13-14,17-18H,11-12,15-16,19-20H2,(H2,28,29,32). The summed E-state index contributed by atoms with van der Waals surface area (Å²) >= 11 is 0. The predicted molar refractivity (Wildman–Crippen MR) is 124 cm³/mol. The minimum Gasteiger partial charge on any atom is -0.333 e. The quantitative estimate of drug-likeness (QED) is 0.405. The molecule has 4 aromatic rings. The highest BCUT2D eigenvalue weighted by Crippen LogP contribution is 2.06. The van der Waals surface area contributed by atoms with Gasteiger partial charge in [-0.3, -0.25) is 0 Å². The number of nitrogens with one attached hydrogen (secondary N) is 2. The number of carbonyl (C=O) groups excluding carboxylic acids is 1. The van der Waals surface area contributed by atoms with Crippen molar-refractivity contribution < 1.29 is 4.79 Å². The Morgan fingerprint density at radius 3 is 1.56 bits per heavy atom. The average molecular weight is 429 g/mol. The number of aromatic nitrogens is 4. The van der Waals surface area contributed by atoms with E-state index in [0.717, 1.165) is 37.6 Å². The molecule has 7 nitrogen and oxygen atoms in total. The predicted octanol–water partition coefficient (Wildman–Crippen LogP) is 3.56. The zero-order valence-corrected chi connectivity index (χ0v) is 18.0. The summed E-state index contributed by atoms with van der Waals surface area (Å²) in [5.74, 6) is 1.67. The molecule has 32 heavy (non-hydrogen) atoms. The molecule has 2 heterocycles. The third-order valence-corrected chi connectivity index (χ3v) is 5.39. The summed E-state index contributed by atoms with van der Waals surface area (Å²) in [6, 6.07) is 20.4. The third-order valence-electron chi connectivity index (χ3n) is 5.39. The monoisotopic (exact) mass is 428 g/mol. The molecular weight excluding hydrogens is 400 g/mol. The van der Waals surface area contributed by atoms with Gasteiger partial charge in [0.15, 0.2) is 0 Å². The Labute approximate surface area is 188 Å². The topological polar surface area (TPSA) is 76.8 Å². The van der Waals surface area contributed by atoms with E-state index in [1.165, 1.54) is 11.1 Å². The second-order valence-electron chi connectivity index (χ2n) is 7.58. The highest BCUT2D eigenvalue weighted by molar-refractivity contribution is 5.73. The first-order chi connectivity index (χ1) is 15.8. The summed E-state index contributed by atoms with van der Waals surface area (Å²) < 4.78 is 4.15. The van der Waals surface area contributed by atoms with Gasteiger partial charge in [-0.05, 0) is 24.0 Å². The number of imidazole rings is 2. The molecule has 7 heteroatoms. The van der Waals surface area contributed by atoms with Gasteiger partial charge >= 0.3 is 6.03 Å². The SMILES string of the molecule is O=C(NCc1nccn1CCc1ccccc1)NCc1nccn1CCc1ccccc1. The second-order valence-corrected chi connectivity index (χ2v) is 7.58. The van der Waals surface area contributed by atoms with Gasteiger partial charge in [-0.2, -0.15) is 0 Å². The molecule has 0 saturated heterocycles. The normalized spacial score (nSPS) is 10.8. The Morgan fingerprint density at radius 2 is 1.12 bits per heavy atom. The summed E-state index contributed by atoms with van der Waals surface area (Å²) in [6.45, 7) is 2.38. The molecule has 2 N–H and O–H groups in total. The van der Waals surface area contributed by atoms with Gasteiger partial charge in [0.05, 0.1) is 13.1 Å². The van der Waals surface area contributed by atoms with E-state index in [2.05, 4.69) is 54.0 Å². The Morgan fingerprint density at radius 1 is 0.688 bits per heavy atom. The third kappa shape index (κ3) is 6.07. The van der Waals surface area contributed by atoms with Gasteiger partial charge in [-0.15, -0.1) is 0 Å². The Kier molecular flexibility index (Phi) is 7.31. The van der Waals surface area contributed by atoms with E-state index in [9.17, 15) is 4.79 Å². The van der Waals surface area contributed by atoms with Crippen LogP contribution in [0.1, 0.15) is 22.8 Å². The first-order valence-electron chi connectivity index (χ1n) is 10.9. The molecule has 0 aliphatic carbocycles. The maximum Gasteiger partial charge on any atom is 0.315 e. The molecular formula is C25H28N6O. The van der Waals surface area contributed by atoms with Crippen molar-refractivity contribution in [3.05, 3.63) is 108 Å². The molecule has 2 aromatic carbocycles. The van der Waals surface area contributed by atoms with Crippen LogP contribution in [0.25, 0.3) is 0 Å². The number of carbonyl (C=O) groups is 1. The first kappa shape index (κ1) is 21.4. The molecule has 2 aromatic heterocycles. The fraction of sp³-hybridized carbons (Fsp3) is 0.240. The minimum atomic E-state index is -0.236. The van der Waals surface area contributed by atoms with Gasteiger partial charge in [0.2, 0.25) is 0 Å². The Balaban J connectivity index is 1.22. The lowest BCUT2D eigenvalue weighted by Crippen LogP contribution is -2.36. The van der Waals surface area contributed by atoms with Crippen LogP contribution >= 0.6 is 0 Å². The number of aryl methyl sites for hydroxylation is 4. The molecule has 0 unspecified atom stereocenters. The van der Waals surface area contributed by atoms with E-state index in [-0.39, 0.29) is 6.03 Å². The molecule has 164 valence electrons. The molecule has 0 spiro atoms. The fourth-order valence-electron chi connectivity index (χ4n) is 3.59. The second kappa shape index (κ2) is 10.9. The summed E-state index contributed by atoms with van der Waals surface area (Å²) in [6.07, 6.45) is 9.26. The largest absolute Gasteiger partial charge is 0.333 e. The summed E-state index contributed by atoms with van der Waals surface area (Å²) in [5, 5.41) is 5.79. The molecule has 0 bridgehead atoms. The number of amides is 2. The van der Waals surface area contributed by atoms with Gasteiger partial charge in [0, 0.05) is 37.9 Å². The van der Waals surface area contributed by atoms with E-state index >= 15 is 0 Å². The van der Waals surface area contributed by atoms with E-state index in [4.69, 9.17) is 0 Å². The van der Waals surface area contributed by atoms with E-state index < -0.39 is 0 Å². The van der Waals surface area contributed by atoms with Crippen molar-refractivity contribution in [2.45, 2.75) is 39.0 Å². The fourth-order valence-corrected chi connectivity index (χ4v) is 3.59. The van der Waals surface area contributed by atoms with Crippen LogP contribution in [0, 0.1) is 0 Å². The number of nitrogens with zero attached hydrogens (tertiary/aromatic N) is 4. The van der Waals surface area contributed by atoms with Crippen LogP contribution in [0.15, 0.2) is 85.5 Å². The van der Waals surface area contributed by atoms with Crippen LogP contribution in [0.4, 0.5) is 4.79 Å². The number of rotatable bonds is 10. The van der Waals surface area contributed by atoms with Crippen molar-refractivity contribution in [1.82, 2.24) is 29.7 Å².